The molecule has 12 atom stereocenters. The van der Waals surface area contributed by atoms with Gasteiger partial charge >= 0.3 is 17.8 Å². The van der Waals surface area contributed by atoms with Crippen molar-refractivity contribution in [1.82, 2.24) is 4.57 Å². The van der Waals surface area contributed by atoms with E-state index in [2.05, 4.69) is 23.8 Å². The minimum Gasteiger partial charge on any atom is -0.505 e. The van der Waals surface area contributed by atoms with Crippen molar-refractivity contribution in [3.05, 3.63) is 130 Å². The lowest BCUT2D eigenvalue weighted by molar-refractivity contribution is -0.149. The summed E-state index contributed by atoms with van der Waals surface area (Å²) in [6.07, 6.45) is 10.4. The summed E-state index contributed by atoms with van der Waals surface area (Å²) >= 11 is 0. The van der Waals surface area contributed by atoms with Gasteiger partial charge in [-0.25, -0.2) is 9.59 Å². The molecule has 0 aliphatic carbocycles. The Bertz CT molecular complexity index is 3310. The number of hydrogen-bond donors (Lipinski definition) is 7. The third kappa shape index (κ3) is 18.8. The number of primary amides is 1. The molecule has 3 aromatic rings. The van der Waals surface area contributed by atoms with Crippen LogP contribution in [0.1, 0.15) is 93.7 Å². The zero-order valence-electron chi connectivity index (χ0n) is 53.2. The second-order valence-corrected chi connectivity index (χ2v) is 22.9. The van der Waals surface area contributed by atoms with Crippen LogP contribution in [0.25, 0.3) is 11.1 Å². The topological polar surface area (TPSA) is 319 Å². The van der Waals surface area contributed by atoms with Crippen LogP contribution in [0.4, 0.5) is 21.9 Å². The number of methoxy groups -OCH3 is 4. The van der Waals surface area contributed by atoms with Crippen molar-refractivity contribution in [1.29, 1.82) is 0 Å². The molecule has 8 N–H and O–H groups in total. The molecular weight excluding hydrogens is 1160 g/mol. The number of phenols is 2. The lowest BCUT2D eigenvalue weighted by Gasteiger charge is -2.33. The minimum absolute atomic E-state index is 0. The standard InChI is InChI=1S/C33H45N3O9.C33H44N2O9.CH4/c1-8-12-36-27(37)17-44-25-16-23-30(39)22(28(25)36)13-18(2)14-26(43-7)29(38)20(4)15-21(5)31(45-33(34)41)24(42-6)11-9-10-19(3)32(40)35-23;1-9-13-35-28-23-14-18(2)15-27(42-8)29(37)20(4)16-21(5)31(43-22(6)36)25(41-7)12-10-11-19(3)32(39)34-24(30(23)38)17-26(28)44-33(35)40;/h8-11,15-16,18,20,24,26,29,31,38-39H,1,12-14,17H2,2-7H3,(H2,34,41)(H,35,40);9-12,16-18,20,25,27,29,31,37-38H,1,13-15H2,2-8H3,(H,34,39);1H4/b11-9-,19-10+,21-15+;12-10-,19-11+,21-16+;/t18-,20+,24+,26+,29-,31+;18-,20+,25+,27+,29-,31+;/m11./s1. The molecule has 1 aromatic heterocycles. The van der Waals surface area contributed by atoms with E-state index in [9.17, 15) is 49.2 Å². The molecule has 0 saturated carbocycles. The zero-order valence-corrected chi connectivity index (χ0v) is 53.2. The van der Waals surface area contributed by atoms with Crippen molar-refractivity contribution in [3.8, 4) is 17.2 Å². The molecule has 6 rings (SSSR count). The Kier molecular flexibility index (Phi) is 28.3. The number of rotatable bonds is 10. The fourth-order valence-corrected chi connectivity index (χ4v) is 11.2. The molecule has 3 aliphatic heterocycles. The molecule has 4 heterocycles. The van der Waals surface area contributed by atoms with Gasteiger partial charge in [0.15, 0.2) is 24.4 Å². The number of oxazole rings is 1. The summed E-state index contributed by atoms with van der Waals surface area (Å²) in [7, 11) is 5.95. The number of nitrogens with two attached hydrogens (primary N) is 1. The normalized spacial score (nSPS) is 28.9. The number of aliphatic hydroxyl groups is 2. The highest BCUT2D eigenvalue weighted by Crippen LogP contribution is 2.47. The van der Waals surface area contributed by atoms with E-state index < -0.39 is 90.3 Å². The van der Waals surface area contributed by atoms with Gasteiger partial charge in [0.25, 0.3) is 17.7 Å². The summed E-state index contributed by atoms with van der Waals surface area (Å²) in [4.78, 5) is 77.2. The first kappa shape index (κ1) is 74.4. The number of hydrogen-bond acceptors (Lipinski definition) is 18. The zero-order chi connectivity index (χ0) is 66.1. The molecule has 494 valence electrons. The van der Waals surface area contributed by atoms with Gasteiger partial charge in [0.05, 0.1) is 47.0 Å². The largest absolute Gasteiger partial charge is 0.505 e. The van der Waals surface area contributed by atoms with Crippen molar-refractivity contribution < 1.29 is 82.0 Å². The van der Waals surface area contributed by atoms with Crippen molar-refractivity contribution in [2.45, 2.75) is 151 Å². The van der Waals surface area contributed by atoms with Crippen molar-refractivity contribution in [2.24, 2.45) is 29.4 Å². The Hall–Kier alpha value is -8.06. The number of amides is 4. The third-order valence-corrected chi connectivity index (χ3v) is 15.9. The van der Waals surface area contributed by atoms with Gasteiger partial charge in [-0.15, -0.1) is 13.2 Å². The smallest absolute Gasteiger partial charge is 0.420 e. The SMILES string of the molecule is C.C=CCN1C(=O)COc2cc3c(O)c(c21)C[C@@H](C)C[C@H](OC)[C@H](O)[C@@H](C)/C=C(\C)[C@H](OC(N)=O)[C@@H](OC)/C=C\C=C(/C)C(=O)N3.C=CCn1c(=O)oc2cc3c(O)c(c21)C[C@@H](C)C[C@H](OC)[C@H](O)[C@@H](C)/C=C(\C)[C@H](OC(C)=O)[C@@H](OC)/C=C\C=C(/C)C(=O)N3. The number of nitrogens with zero attached hydrogens (tertiary/aromatic N) is 2. The number of nitrogens with one attached hydrogen (secondary N) is 2. The van der Waals surface area contributed by atoms with Gasteiger partial charge in [-0.1, -0.05) is 95.9 Å². The number of aromatic nitrogens is 1. The molecule has 4 amide bonds. The van der Waals surface area contributed by atoms with E-state index in [4.69, 9.17) is 43.3 Å². The van der Waals surface area contributed by atoms with E-state index in [-0.39, 0.29) is 86.2 Å². The average Bonchev–Trinajstić information content (AvgIpc) is 1.31. The number of allylic oxidation sites excluding steroid dienone is 5. The van der Waals surface area contributed by atoms with E-state index in [0.717, 1.165) is 0 Å². The number of aromatic hydroxyl groups is 2. The van der Waals surface area contributed by atoms with Gasteiger partial charge in [-0.3, -0.25) is 23.7 Å². The van der Waals surface area contributed by atoms with Gasteiger partial charge in [0.2, 0.25) is 0 Å². The Morgan fingerprint density at radius 1 is 0.711 bits per heavy atom. The first-order valence-corrected chi connectivity index (χ1v) is 29.4. The van der Waals surface area contributed by atoms with Crippen molar-refractivity contribution in [2.75, 3.05) is 57.1 Å². The predicted octanol–water partition coefficient (Wildman–Crippen LogP) is 8.81. The molecule has 4 bridgehead atoms. The van der Waals surface area contributed by atoms with Crippen molar-refractivity contribution in [3.63, 3.8) is 0 Å². The number of ether oxygens (including phenoxy) is 7. The molecule has 90 heavy (non-hydrogen) atoms. The summed E-state index contributed by atoms with van der Waals surface area (Å²) in [5.74, 6) is -3.62. The van der Waals surface area contributed by atoms with Crippen LogP contribution in [0.15, 0.2) is 118 Å². The van der Waals surface area contributed by atoms with Gasteiger partial charge in [-0.05, 0) is 76.4 Å². The van der Waals surface area contributed by atoms with Gasteiger partial charge in [0.1, 0.15) is 29.5 Å². The molecule has 23 nitrogen and oxygen atoms in total. The number of aliphatic hydroxyl groups excluding tert-OH is 2. The molecule has 23 heteroatoms. The highest BCUT2D eigenvalue weighted by Gasteiger charge is 2.35. The van der Waals surface area contributed by atoms with Crippen LogP contribution in [0.5, 0.6) is 17.2 Å². The van der Waals surface area contributed by atoms with Crippen LogP contribution in [-0.2, 0) is 67.0 Å². The summed E-state index contributed by atoms with van der Waals surface area (Å²) < 4.78 is 46.3. The summed E-state index contributed by atoms with van der Waals surface area (Å²) in [6.45, 7) is 23.2. The number of anilines is 3. The van der Waals surface area contributed by atoms with Crippen LogP contribution in [0, 0.1) is 23.7 Å². The van der Waals surface area contributed by atoms with E-state index in [1.165, 1.54) is 57.0 Å². The maximum atomic E-state index is 13.2. The Morgan fingerprint density at radius 3 is 1.63 bits per heavy atom. The summed E-state index contributed by atoms with van der Waals surface area (Å²) in [5, 5.41) is 51.1. The first-order chi connectivity index (χ1) is 42.1. The Labute approximate surface area is 527 Å². The number of carbonyl (C=O) groups excluding carboxylic acids is 5. The van der Waals surface area contributed by atoms with Gasteiger partial charge in [-0.2, -0.15) is 0 Å². The van der Waals surface area contributed by atoms with Crippen LogP contribution in [0.3, 0.4) is 0 Å². The molecule has 2 aromatic carbocycles. The van der Waals surface area contributed by atoms with Crippen molar-refractivity contribution >= 4 is 57.9 Å². The highest BCUT2D eigenvalue weighted by atomic mass is 16.6. The second kappa shape index (κ2) is 34.2. The maximum Gasteiger partial charge on any atom is 0.420 e. The summed E-state index contributed by atoms with van der Waals surface area (Å²) in [5.41, 5.74) is 9.28. The van der Waals surface area contributed by atoms with E-state index in [0.29, 0.717) is 63.2 Å². The fourth-order valence-electron chi connectivity index (χ4n) is 11.2. The van der Waals surface area contributed by atoms with E-state index >= 15 is 0 Å². The quantitative estimate of drug-likeness (QED) is 0.0566. The van der Waals surface area contributed by atoms with Crippen LogP contribution < -0.4 is 31.8 Å². The van der Waals surface area contributed by atoms with E-state index in [1.807, 2.05) is 33.8 Å². The monoisotopic (exact) mass is 1260 g/mol. The first-order valence-electron chi connectivity index (χ1n) is 29.4. The maximum absolute atomic E-state index is 13.2. The average molecular weight is 1260 g/mol. The van der Waals surface area contributed by atoms with Crippen LogP contribution >= 0.6 is 0 Å². The van der Waals surface area contributed by atoms with Gasteiger partial charge in [0, 0.05) is 94.7 Å². The number of phenolic OH excluding ortho intramolecular Hbond substituents is 2. The number of benzene rings is 2. The molecule has 0 spiro atoms. The predicted molar refractivity (Wildman–Crippen MR) is 344 cm³/mol. The third-order valence-electron chi connectivity index (χ3n) is 15.9. The number of fused-ring (bicyclic) bond motifs is 8. The summed E-state index contributed by atoms with van der Waals surface area (Å²) in [6, 6.07) is 2.92. The lowest BCUT2D eigenvalue weighted by atomic mass is 9.87. The fraction of sp³-hybridized carbons (Fsp3) is 0.493. The molecule has 3 aliphatic rings. The second-order valence-electron chi connectivity index (χ2n) is 22.9. The van der Waals surface area contributed by atoms with Crippen LogP contribution in [0.2, 0.25) is 0 Å². The molecule has 0 fully saturated rings. The lowest BCUT2D eigenvalue weighted by Crippen LogP contribution is -2.40. The van der Waals surface area contributed by atoms with E-state index in [1.54, 1.807) is 82.4 Å². The Balaban J connectivity index is 0.000000380. The number of esters is 1. The molecule has 0 saturated heterocycles. The molecule has 0 radical (unpaired) electrons. The van der Waals surface area contributed by atoms with Crippen LogP contribution in [-0.4, -0.2) is 145 Å². The Morgan fingerprint density at radius 2 is 1.18 bits per heavy atom. The molecule has 0 unspecified atom stereocenters. The number of carbonyl (C=O) groups is 5. The minimum atomic E-state index is -0.994. The highest BCUT2D eigenvalue weighted by molar-refractivity contribution is 6.07. The van der Waals surface area contributed by atoms with Gasteiger partial charge < -0.3 is 79.3 Å². The molecular formula is C67H93N5O18.